The third kappa shape index (κ3) is 4.22. The molecule has 2 aromatic carbocycles. The van der Waals surface area contributed by atoms with Crippen LogP contribution < -0.4 is 25.0 Å². The lowest BCUT2D eigenvalue weighted by atomic mass is 10.1. The van der Waals surface area contributed by atoms with E-state index in [9.17, 15) is 9.59 Å². The molecule has 0 atom stereocenters. The molecule has 0 saturated heterocycles. The van der Waals surface area contributed by atoms with Crippen molar-refractivity contribution in [1.82, 2.24) is 5.43 Å². The summed E-state index contributed by atoms with van der Waals surface area (Å²) in [7, 11) is 1.51. The quantitative estimate of drug-likeness (QED) is 0.590. The van der Waals surface area contributed by atoms with Crippen molar-refractivity contribution < 1.29 is 23.8 Å². The van der Waals surface area contributed by atoms with E-state index in [1.807, 2.05) is 6.92 Å². The molecule has 0 aliphatic carbocycles. The van der Waals surface area contributed by atoms with Crippen LogP contribution in [0.15, 0.2) is 41.5 Å². The Kier molecular flexibility index (Phi) is 5.78. The number of hydrazone groups is 1. The van der Waals surface area contributed by atoms with Crippen LogP contribution in [0, 0.1) is 0 Å². The highest BCUT2D eigenvalue weighted by atomic mass is 16.5. The molecule has 28 heavy (non-hydrogen) atoms. The summed E-state index contributed by atoms with van der Waals surface area (Å²) in [6.07, 6.45) is 0. The monoisotopic (exact) mass is 383 g/mol. The van der Waals surface area contributed by atoms with Crippen molar-refractivity contribution in [2.75, 3.05) is 25.6 Å². The molecular formula is C20H21N3O5. The second-order valence-electron chi connectivity index (χ2n) is 5.98. The Hall–Kier alpha value is -3.55. The van der Waals surface area contributed by atoms with E-state index in [1.165, 1.54) is 7.11 Å². The minimum absolute atomic E-state index is 0.00102. The molecule has 1 aliphatic heterocycles. The number of hydrogen-bond donors (Lipinski definition) is 2. The van der Waals surface area contributed by atoms with Gasteiger partial charge in [0.15, 0.2) is 18.1 Å². The summed E-state index contributed by atoms with van der Waals surface area (Å²) in [6, 6.07) is 10.2. The average Bonchev–Trinajstić information content (AvgIpc) is 2.71. The third-order valence-electron chi connectivity index (χ3n) is 4.08. The Labute approximate surface area is 162 Å². The Morgan fingerprint density at radius 1 is 1.21 bits per heavy atom. The zero-order valence-electron chi connectivity index (χ0n) is 15.9. The van der Waals surface area contributed by atoms with Crippen molar-refractivity contribution in [3.05, 3.63) is 47.5 Å². The number of methoxy groups -OCH3 is 1. The summed E-state index contributed by atoms with van der Waals surface area (Å²) >= 11 is 0. The number of rotatable bonds is 6. The van der Waals surface area contributed by atoms with E-state index in [4.69, 9.17) is 14.2 Å². The number of nitrogens with zero attached hydrogens (tertiary/aromatic N) is 1. The highest BCUT2D eigenvalue weighted by Gasteiger charge is 2.16. The van der Waals surface area contributed by atoms with Gasteiger partial charge in [-0.15, -0.1) is 0 Å². The summed E-state index contributed by atoms with van der Waals surface area (Å²) in [4.78, 5) is 23.9. The number of carbonyl (C=O) groups excluding carboxylic acids is 2. The van der Waals surface area contributed by atoms with Gasteiger partial charge in [0.2, 0.25) is 0 Å². The minimum atomic E-state index is -0.379. The molecule has 0 saturated carbocycles. The van der Waals surface area contributed by atoms with Crippen LogP contribution in [0.25, 0.3) is 0 Å². The van der Waals surface area contributed by atoms with Gasteiger partial charge in [0.25, 0.3) is 11.8 Å². The molecule has 0 aromatic heterocycles. The van der Waals surface area contributed by atoms with Gasteiger partial charge < -0.3 is 19.5 Å². The van der Waals surface area contributed by atoms with Gasteiger partial charge in [0, 0.05) is 5.56 Å². The van der Waals surface area contributed by atoms with Crippen LogP contribution in [-0.2, 0) is 4.79 Å². The normalized spacial score (nSPS) is 13.1. The molecular weight excluding hydrogens is 362 g/mol. The minimum Gasteiger partial charge on any atom is -0.493 e. The molecule has 8 heteroatoms. The molecule has 8 nitrogen and oxygen atoms in total. The van der Waals surface area contributed by atoms with Gasteiger partial charge in [-0.2, -0.15) is 5.10 Å². The van der Waals surface area contributed by atoms with Crippen LogP contribution in [-0.4, -0.2) is 37.8 Å². The number of benzene rings is 2. The van der Waals surface area contributed by atoms with Gasteiger partial charge in [-0.3, -0.25) is 9.59 Å². The first kappa shape index (κ1) is 19.2. The Morgan fingerprint density at radius 3 is 2.75 bits per heavy atom. The lowest BCUT2D eigenvalue weighted by molar-refractivity contribution is -0.118. The first-order valence-corrected chi connectivity index (χ1v) is 8.74. The Balaban J connectivity index is 1.73. The van der Waals surface area contributed by atoms with Crippen LogP contribution in [0.3, 0.4) is 0 Å². The summed E-state index contributed by atoms with van der Waals surface area (Å²) in [5, 5.41) is 6.89. The van der Waals surface area contributed by atoms with E-state index in [2.05, 4.69) is 15.8 Å². The summed E-state index contributed by atoms with van der Waals surface area (Å²) in [6.45, 7) is 4.13. The molecule has 2 N–H and O–H groups in total. The molecule has 3 rings (SSSR count). The van der Waals surface area contributed by atoms with E-state index in [1.54, 1.807) is 43.3 Å². The van der Waals surface area contributed by atoms with Gasteiger partial charge >= 0.3 is 0 Å². The van der Waals surface area contributed by atoms with E-state index in [-0.39, 0.29) is 18.4 Å². The van der Waals surface area contributed by atoms with Gasteiger partial charge in [0.1, 0.15) is 5.75 Å². The van der Waals surface area contributed by atoms with E-state index in [0.29, 0.717) is 40.8 Å². The molecule has 146 valence electrons. The standard InChI is InChI=1S/C20H21N3O5/c1-4-27-17-8-6-14(10-18(17)26-3)20(25)23-22-12(2)13-5-7-16-15(9-13)21-19(24)11-28-16/h5-10H,4,11H2,1-3H3,(H,21,24)(H,23,25)/b22-12-. The Morgan fingerprint density at radius 2 is 2.00 bits per heavy atom. The van der Waals surface area contributed by atoms with Crippen molar-refractivity contribution in [3.63, 3.8) is 0 Å². The molecule has 0 bridgehead atoms. The van der Waals surface area contributed by atoms with Crippen LogP contribution in [0.2, 0.25) is 0 Å². The molecule has 0 radical (unpaired) electrons. The molecule has 0 spiro atoms. The van der Waals surface area contributed by atoms with Gasteiger partial charge in [-0.25, -0.2) is 5.43 Å². The SMILES string of the molecule is CCOc1ccc(C(=O)N/N=C(/C)c2ccc3c(c2)NC(=O)CO3)cc1OC. The molecule has 0 fully saturated rings. The summed E-state index contributed by atoms with van der Waals surface area (Å²) in [5.74, 6) is 1.05. The fourth-order valence-electron chi connectivity index (χ4n) is 2.66. The first-order valence-electron chi connectivity index (χ1n) is 8.74. The van der Waals surface area contributed by atoms with Crippen LogP contribution in [0.4, 0.5) is 5.69 Å². The smallest absolute Gasteiger partial charge is 0.271 e. The molecule has 1 heterocycles. The zero-order valence-corrected chi connectivity index (χ0v) is 15.9. The predicted molar refractivity (Wildman–Crippen MR) is 104 cm³/mol. The van der Waals surface area contributed by atoms with E-state index in [0.717, 1.165) is 5.56 Å². The summed E-state index contributed by atoms with van der Waals surface area (Å²) in [5.41, 5.74) is 4.81. The van der Waals surface area contributed by atoms with Crippen molar-refractivity contribution in [2.24, 2.45) is 5.10 Å². The largest absolute Gasteiger partial charge is 0.493 e. The molecule has 1 aliphatic rings. The zero-order chi connectivity index (χ0) is 20.1. The molecule has 2 aromatic rings. The van der Waals surface area contributed by atoms with E-state index < -0.39 is 0 Å². The lowest BCUT2D eigenvalue weighted by Gasteiger charge is -2.18. The number of carbonyl (C=O) groups is 2. The van der Waals surface area contributed by atoms with Gasteiger partial charge in [-0.05, 0) is 55.8 Å². The number of ether oxygens (including phenoxy) is 3. The van der Waals surface area contributed by atoms with E-state index >= 15 is 0 Å². The van der Waals surface area contributed by atoms with Crippen LogP contribution >= 0.6 is 0 Å². The van der Waals surface area contributed by atoms with Crippen molar-refractivity contribution in [1.29, 1.82) is 0 Å². The van der Waals surface area contributed by atoms with Gasteiger partial charge in [-0.1, -0.05) is 0 Å². The first-order chi connectivity index (χ1) is 13.5. The summed E-state index contributed by atoms with van der Waals surface area (Å²) < 4.78 is 16.0. The number of hydrogen-bond acceptors (Lipinski definition) is 6. The average molecular weight is 383 g/mol. The van der Waals surface area contributed by atoms with Crippen molar-refractivity contribution in [2.45, 2.75) is 13.8 Å². The highest BCUT2D eigenvalue weighted by molar-refractivity contribution is 6.03. The second-order valence-corrected chi connectivity index (χ2v) is 5.98. The van der Waals surface area contributed by atoms with Crippen LogP contribution in [0.5, 0.6) is 17.2 Å². The maximum atomic E-state index is 12.4. The number of nitrogens with one attached hydrogen (secondary N) is 2. The molecule has 0 unspecified atom stereocenters. The number of anilines is 1. The fraction of sp³-hybridized carbons (Fsp3) is 0.250. The second kappa shape index (κ2) is 8.43. The topological polar surface area (TPSA) is 98.2 Å². The Bertz CT molecular complexity index is 939. The fourth-order valence-corrected chi connectivity index (χ4v) is 2.66. The maximum absolute atomic E-state index is 12.4. The number of amides is 2. The third-order valence-corrected chi connectivity index (χ3v) is 4.08. The van der Waals surface area contributed by atoms with Crippen LogP contribution in [0.1, 0.15) is 29.8 Å². The van der Waals surface area contributed by atoms with Crippen molar-refractivity contribution in [3.8, 4) is 17.2 Å². The molecule has 2 amide bonds. The maximum Gasteiger partial charge on any atom is 0.271 e. The predicted octanol–water partition coefficient (Wildman–Crippen LogP) is 2.58. The highest BCUT2D eigenvalue weighted by Crippen LogP contribution is 2.29. The van der Waals surface area contributed by atoms with Gasteiger partial charge in [0.05, 0.1) is 25.1 Å². The van der Waals surface area contributed by atoms with Crippen molar-refractivity contribution >= 4 is 23.2 Å². The number of fused-ring (bicyclic) bond motifs is 1. The lowest BCUT2D eigenvalue weighted by Crippen LogP contribution is -2.25.